The van der Waals surface area contributed by atoms with E-state index in [4.69, 9.17) is 5.73 Å². The highest BCUT2D eigenvalue weighted by Gasteiger charge is 2.31. The van der Waals surface area contributed by atoms with Gasteiger partial charge in [-0.15, -0.1) is 0 Å². The van der Waals surface area contributed by atoms with Gasteiger partial charge in [-0.2, -0.15) is 0 Å². The van der Waals surface area contributed by atoms with Gasteiger partial charge in [0.15, 0.2) is 0 Å². The van der Waals surface area contributed by atoms with Crippen molar-refractivity contribution >= 4 is 0 Å². The molecule has 1 aromatic rings. The summed E-state index contributed by atoms with van der Waals surface area (Å²) in [5, 5.41) is 0. The third-order valence-electron chi connectivity index (χ3n) is 3.85. The van der Waals surface area contributed by atoms with Crippen molar-refractivity contribution in [2.24, 2.45) is 5.73 Å². The lowest BCUT2D eigenvalue weighted by Crippen LogP contribution is -2.29. The minimum atomic E-state index is -0.508. The maximum absolute atomic E-state index is 13.9. The zero-order chi connectivity index (χ0) is 14.7. The van der Waals surface area contributed by atoms with Crippen molar-refractivity contribution in [3.63, 3.8) is 0 Å². The Morgan fingerprint density at radius 2 is 2.05 bits per heavy atom. The fourth-order valence-electron chi connectivity index (χ4n) is 2.90. The van der Waals surface area contributed by atoms with Crippen LogP contribution in [0.25, 0.3) is 0 Å². The number of halogens is 2. The highest BCUT2D eigenvalue weighted by atomic mass is 19.1. The van der Waals surface area contributed by atoms with E-state index in [2.05, 4.69) is 9.80 Å². The van der Waals surface area contributed by atoms with Crippen LogP contribution in [0.1, 0.15) is 30.0 Å². The fourth-order valence-corrected chi connectivity index (χ4v) is 2.90. The number of rotatable bonds is 6. The quantitative estimate of drug-likeness (QED) is 0.812. The summed E-state index contributed by atoms with van der Waals surface area (Å²) in [5.41, 5.74) is 7.11. The smallest absolute Gasteiger partial charge is 0.131 e. The van der Waals surface area contributed by atoms with E-state index < -0.39 is 11.6 Å². The van der Waals surface area contributed by atoms with E-state index in [1.54, 1.807) is 0 Å². The van der Waals surface area contributed by atoms with Gasteiger partial charge in [-0.1, -0.05) is 0 Å². The van der Waals surface area contributed by atoms with Gasteiger partial charge in [0.2, 0.25) is 0 Å². The SMILES string of the molecule is CN(C)CCCCN1Cc2cc(F)cc(F)c2C1CN. The Balaban J connectivity index is 2.02. The monoisotopic (exact) mass is 283 g/mol. The first-order valence-electron chi connectivity index (χ1n) is 7.09. The molecule has 0 fully saturated rings. The van der Waals surface area contributed by atoms with Crippen molar-refractivity contribution in [2.75, 3.05) is 33.7 Å². The minimum Gasteiger partial charge on any atom is -0.329 e. The van der Waals surface area contributed by atoms with E-state index in [1.807, 2.05) is 14.1 Å². The molecule has 0 radical (unpaired) electrons. The van der Waals surface area contributed by atoms with Crippen molar-refractivity contribution < 1.29 is 8.78 Å². The molecule has 1 unspecified atom stereocenters. The summed E-state index contributed by atoms with van der Waals surface area (Å²) in [7, 11) is 4.10. The molecule has 2 N–H and O–H groups in total. The number of nitrogens with zero attached hydrogens (tertiary/aromatic N) is 2. The maximum Gasteiger partial charge on any atom is 0.131 e. The highest BCUT2D eigenvalue weighted by Crippen LogP contribution is 2.35. The summed E-state index contributed by atoms with van der Waals surface area (Å²) >= 11 is 0. The Morgan fingerprint density at radius 1 is 1.30 bits per heavy atom. The molecule has 0 aromatic heterocycles. The molecular weight excluding hydrogens is 260 g/mol. The molecule has 5 heteroatoms. The van der Waals surface area contributed by atoms with Crippen molar-refractivity contribution in [3.8, 4) is 0 Å². The van der Waals surface area contributed by atoms with Gasteiger partial charge in [0.1, 0.15) is 11.6 Å². The van der Waals surface area contributed by atoms with Crippen LogP contribution in [-0.4, -0.2) is 43.5 Å². The van der Waals surface area contributed by atoms with Crippen molar-refractivity contribution in [1.82, 2.24) is 9.80 Å². The van der Waals surface area contributed by atoms with Crippen LogP contribution in [-0.2, 0) is 6.54 Å². The molecular formula is C15H23F2N3. The number of hydrogen-bond acceptors (Lipinski definition) is 3. The summed E-state index contributed by atoms with van der Waals surface area (Å²) in [4.78, 5) is 4.30. The van der Waals surface area contributed by atoms with E-state index in [9.17, 15) is 8.78 Å². The largest absolute Gasteiger partial charge is 0.329 e. The predicted octanol–water partition coefficient (Wildman–Crippen LogP) is 2.12. The Morgan fingerprint density at radius 3 is 2.70 bits per heavy atom. The average Bonchev–Trinajstić information content (AvgIpc) is 2.72. The first-order chi connectivity index (χ1) is 9.52. The predicted molar refractivity (Wildman–Crippen MR) is 76.4 cm³/mol. The summed E-state index contributed by atoms with van der Waals surface area (Å²) in [6.07, 6.45) is 2.13. The number of nitrogens with two attached hydrogens (primary N) is 1. The number of fused-ring (bicyclic) bond motifs is 1. The van der Waals surface area contributed by atoms with Crippen molar-refractivity contribution in [2.45, 2.75) is 25.4 Å². The van der Waals surface area contributed by atoms with E-state index >= 15 is 0 Å². The molecule has 0 saturated heterocycles. The van der Waals surface area contributed by atoms with Crippen molar-refractivity contribution in [1.29, 1.82) is 0 Å². The van der Waals surface area contributed by atoms with Gasteiger partial charge in [-0.05, 0) is 51.7 Å². The Labute approximate surface area is 119 Å². The molecule has 0 spiro atoms. The van der Waals surface area contributed by atoms with Crippen LogP contribution < -0.4 is 5.73 Å². The fraction of sp³-hybridized carbons (Fsp3) is 0.600. The standard InChI is InChI=1S/C15H23F2N3/c1-19(2)5-3-4-6-20-10-11-7-12(16)8-13(17)15(11)14(20)9-18/h7-8,14H,3-6,9-10,18H2,1-2H3. The van der Waals surface area contributed by atoms with Crippen LogP contribution in [0.5, 0.6) is 0 Å². The zero-order valence-electron chi connectivity index (χ0n) is 12.2. The first kappa shape index (κ1) is 15.4. The van der Waals surface area contributed by atoms with Gasteiger partial charge in [0.05, 0.1) is 6.04 Å². The number of unbranched alkanes of at least 4 members (excludes halogenated alkanes) is 1. The number of benzene rings is 1. The number of hydrogen-bond donors (Lipinski definition) is 1. The Hall–Kier alpha value is -1.04. The average molecular weight is 283 g/mol. The molecule has 112 valence electrons. The molecule has 0 bridgehead atoms. The summed E-state index contributed by atoms with van der Waals surface area (Å²) < 4.78 is 27.2. The maximum atomic E-state index is 13.9. The van der Waals surface area contributed by atoms with Gasteiger partial charge in [-0.25, -0.2) is 8.78 Å². The third kappa shape index (κ3) is 3.34. The minimum absolute atomic E-state index is 0.120. The van der Waals surface area contributed by atoms with Crippen LogP contribution >= 0.6 is 0 Å². The lowest BCUT2D eigenvalue weighted by molar-refractivity contribution is 0.210. The van der Waals surface area contributed by atoms with Gasteiger partial charge >= 0.3 is 0 Å². The lowest BCUT2D eigenvalue weighted by Gasteiger charge is -2.24. The first-order valence-corrected chi connectivity index (χ1v) is 7.09. The molecule has 1 aliphatic heterocycles. The molecule has 1 atom stereocenters. The van der Waals surface area contributed by atoms with Crippen LogP contribution in [0.3, 0.4) is 0 Å². The van der Waals surface area contributed by atoms with E-state index in [0.717, 1.165) is 37.6 Å². The molecule has 0 saturated carbocycles. The van der Waals surface area contributed by atoms with Gasteiger partial charge in [-0.3, -0.25) is 4.90 Å². The molecule has 0 amide bonds. The molecule has 1 aliphatic rings. The molecule has 0 aliphatic carbocycles. The van der Waals surface area contributed by atoms with Crippen LogP contribution in [0, 0.1) is 11.6 Å². The molecule has 1 heterocycles. The van der Waals surface area contributed by atoms with E-state index in [0.29, 0.717) is 18.7 Å². The van der Waals surface area contributed by atoms with E-state index in [1.165, 1.54) is 6.07 Å². The molecule has 20 heavy (non-hydrogen) atoms. The van der Waals surface area contributed by atoms with Crippen molar-refractivity contribution in [3.05, 3.63) is 34.9 Å². The van der Waals surface area contributed by atoms with Crippen LogP contribution in [0.2, 0.25) is 0 Å². The van der Waals surface area contributed by atoms with Gasteiger partial charge in [0, 0.05) is 24.7 Å². The molecule has 3 nitrogen and oxygen atoms in total. The zero-order valence-corrected chi connectivity index (χ0v) is 12.2. The van der Waals surface area contributed by atoms with Crippen LogP contribution in [0.15, 0.2) is 12.1 Å². The normalized spacial score (nSPS) is 18.8. The van der Waals surface area contributed by atoms with Gasteiger partial charge in [0.25, 0.3) is 0 Å². The summed E-state index contributed by atoms with van der Waals surface area (Å²) in [6.45, 7) is 2.86. The van der Waals surface area contributed by atoms with Crippen LogP contribution in [0.4, 0.5) is 8.78 Å². The lowest BCUT2D eigenvalue weighted by atomic mass is 10.0. The Bertz CT molecular complexity index is 463. The third-order valence-corrected chi connectivity index (χ3v) is 3.85. The Kier molecular flexibility index (Phi) is 5.07. The molecule has 2 rings (SSSR count). The second-order valence-electron chi connectivity index (χ2n) is 5.69. The summed E-state index contributed by atoms with van der Waals surface area (Å²) in [6, 6.07) is 2.27. The van der Waals surface area contributed by atoms with Gasteiger partial charge < -0.3 is 10.6 Å². The van der Waals surface area contributed by atoms with E-state index in [-0.39, 0.29) is 6.04 Å². The topological polar surface area (TPSA) is 32.5 Å². The second-order valence-corrected chi connectivity index (χ2v) is 5.69. The molecule has 1 aromatic carbocycles. The highest BCUT2D eigenvalue weighted by molar-refractivity contribution is 5.36. The summed E-state index contributed by atoms with van der Waals surface area (Å²) in [5.74, 6) is -0.974. The second kappa shape index (κ2) is 6.61.